The first kappa shape index (κ1) is 12.1. The van der Waals surface area contributed by atoms with Crippen molar-refractivity contribution in [3.05, 3.63) is 48.0 Å². The first-order valence-electron chi connectivity index (χ1n) is 5.47. The predicted molar refractivity (Wildman–Crippen MR) is 65.4 cm³/mol. The summed E-state index contributed by atoms with van der Waals surface area (Å²) in [6, 6.07) is 5.51. The minimum absolute atomic E-state index is 0.149. The third-order valence-corrected chi connectivity index (χ3v) is 2.45. The molecule has 0 spiro atoms. The van der Waals surface area contributed by atoms with Crippen LogP contribution in [-0.2, 0) is 6.54 Å². The number of rotatable bonds is 4. The summed E-state index contributed by atoms with van der Waals surface area (Å²) in [6.45, 7) is 0.949. The van der Waals surface area contributed by atoms with E-state index < -0.39 is 5.82 Å². The Morgan fingerprint density at radius 3 is 3.06 bits per heavy atom. The number of nitrogen functional groups attached to an aromatic ring is 1. The second-order valence-electron chi connectivity index (χ2n) is 3.76. The third kappa shape index (κ3) is 2.85. The maximum Gasteiger partial charge on any atom is 0.253 e. The van der Waals surface area contributed by atoms with Crippen LogP contribution < -0.4 is 11.1 Å². The molecule has 0 radical (unpaired) electrons. The fourth-order valence-corrected chi connectivity index (χ4v) is 1.54. The van der Waals surface area contributed by atoms with Gasteiger partial charge in [-0.1, -0.05) is 0 Å². The maximum atomic E-state index is 13.0. The van der Waals surface area contributed by atoms with Crippen LogP contribution in [0.2, 0.25) is 0 Å². The Balaban J connectivity index is 1.93. The van der Waals surface area contributed by atoms with E-state index in [2.05, 4.69) is 10.4 Å². The van der Waals surface area contributed by atoms with E-state index in [-0.39, 0.29) is 17.2 Å². The Hall–Kier alpha value is -2.37. The van der Waals surface area contributed by atoms with Gasteiger partial charge in [0.2, 0.25) is 0 Å². The molecule has 1 heterocycles. The van der Waals surface area contributed by atoms with Crippen molar-refractivity contribution in [2.24, 2.45) is 0 Å². The molecule has 0 bridgehead atoms. The van der Waals surface area contributed by atoms with Crippen LogP contribution >= 0.6 is 0 Å². The van der Waals surface area contributed by atoms with Crippen LogP contribution in [0.5, 0.6) is 0 Å². The lowest BCUT2D eigenvalue weighted by Crippen LogP contribution is -2.28. The number of hydrogen-bond acceptors (Lipinski definition) is 3. The standard InChI is InChI=1S/C12H13FN4O/c13-9-2-3-11(14)10(8-9)12(18)15-5-7-17-6-1-4-16-17/h1-4,6,8H,5,7,14H2,(H,15,18). The lowest BCUT2D eigenvalue weighted by Gasteiger charge is -2.07. The molecule has 0 aliphatic carbocycles. The SMILES string of the molecule is Nc1ccc(F)cc1C(=O)NCCn1cccn1. The van der Waals surface area contributed by atoms with Crippen LogP contribution in [-0.4, -0.2) is 22.2 Å². The van der Waals surface area contributed by atoms with Gasteiger partial charge < -0.3 is 11.1 Å². The Morgan fingerprint density at radius 1 is 1.50 bits per heavy atom. The van der Waals surface area contributed by atoms with Crippen LogP contribution in [0, 0.1) is 5.82 Å². The van der Waals surface area contributed by atoms with E-state index in [1.807, 2.05) is 0 Å². The van der Waals surface area contributed by atoms with Gasteiger partial charge in [-0.3, -0.25) is 9.48 Å². The number of benzene rings is 1. The molecule has 6 heteroatoms. The Bertz CT molecular complexity index is 539. The zero-order chi connectivity index (χ0) is 13.0. The number of hydrogen-bond donors (Lipinski definition) is 2. The summed E-state index contributed by atoms with van der Waals surface area (Å²) < 4.78 is 14.7. The van der Waals surface area contributed by atoms with Gasteiger partial charge in [0.25, 0.3) is 5.91 Å². The molecular weight excluding hydrogens is 235 g/mol. The quantitative estimate of drug-likeness (QED) is 0.794. The summed E-state index contributed by atoms with van der Waals surface area (Å²) >= 11 is 0. The van der Waals surface area contributed by atoms with E-state index in [1.54, 1.807) is 23.1 Å². The molecule has 2 rings (SSSR count). The van der Waals surface area contributed by atoms with Crippen molar-refractivity contribution in [3.8, 4) is 0 Å². The van der Waals surface area contributed by atoms with Gasteiger partial charge in [0.1, 0.15) is 5.82 Å². The highest BCUT2D eigenvalue weighted by Crippen LogP contribution is 2.12. The molecule has 0 fully saturated rings. The molecule has 2 aromatic rings. The molecule has 0 unspecified atom stereocenters. The number of nitrogens with one attached hydrogen (secondary N) is 1. The molecule has 0 atom stereocenters. The van der Waals surface area contributed by atoms with Crippen molar-refractivity contribution in [2.75, 3.05) is 12.3 Å². The van der Waals surface area contributed by atoms with Crippen molar-refractivity contribution >= 4 is 11.6 Å². The number of nitrogens with zero attached hydrogens (tertiary/aromatic N) is 2. The van der Waals surface area contributed by atoms with E-state index in [1.165, 1.54) is 12.1 Å². The molecule has 3 N–H and O–H groups in total. The molecule has 94 valence electrons. The topological polar surface area (TPSA) is 72.9 Å². The van der Waals surface area contributed by atoms with E-state index in [9.17, 15) is 9.18 Å². The Labute approximate surface area is 103 Å². The molecule has 0 saturated heterocycles. The lowest BCUT2D eigenvalue weighted by molar-refractivity contribution is 0.0952. The zero-order valence-corrected chi connectivity index (χ0v) is 9.64. The number of amides is 1. The predicted octanol–water partition coefficient (Wildman–Crippen LogP) is 1.03. The molecule has 0 saturated carbocycles. The average Bonchev–Trinajstić information content (AvgIpc) is 2.85. The molecule has 5 nitrogen and oxygen atoms in total. The highest BCUT2D eigenvalue weighted by atomic mass is 19.1. The molecular formula is C12H13FN4O. The number of carbonyl (C=O) groups is 1. The van der Waals surface area contributed by atoms with Crippen molar-refractivity contribution in [2.45, 2.75) is 6.54 Å². The summed E-state index contributed by atoms with van der Waals surface area (Å²) in [4.78, 5) is 11.8. The van der Waals surface area contributed by atoms with Crippen molar-refractivity contribution in [1.82, 2.24) is 15.1 Å². The smallest absolute Gasteiger partial charge is 0.253 e. The third-order valence-electron chi connectivity index (χ3n) is 2.45. The second kappa shape index (κ2) is 5.31. The summed E-state index contributed by atoms with van der Waals surface area (Å²) in [5.41, 5.74) is 6.02. The second-order valence-corrected chi connectivity index (χ2v) is 3.76. The van der Waals surface area contributed by atoms with E-state index >= 15 is 0 Å². The molecule has 1 aromatic carbocycles. The Morgan fingerprint density at radius 2 is 2.33 bits per heavy atom. The van der Waals surface area contributed by atoms with Gasteiger partial charge in [-0.15, -0.1) is 0 Å². The highest BCUT2D eigenvalue weighted by Gasteiger charge is 2.10. The summed E-state index contributed by atoms with van der Waals surface area (Å²) in [7, 11) is 0. The Kier molecular flexibility index (Phi) is 3.57. The van der Waals surface area contributed by atoms with Gasteiger partial charge in [0.15, 0.2) is 0 Å². The van der Waals surface area contributed by atoms with Crippen LogP contribution in [0.1, 0.15) is 10.4 Å². The van der Waals surface area contributed by atoms with Gasteiger partial charge >= 0.3 is 0 Å². The largest absolute Gasteiger partial charge is 0.398 e. The monoisotopic (exact) mass is 248 g/mol. The van der Waals surface area contributed by atoms with Gasteiger partial charge in [-0.2, -0.15) is 5.10 Å². The molecule has 1 aromatic heterocycles. The summed E-state index contributed by atoms with van der Waals surface area (Å²) in [5, 5.41) is 6.66. The van der Waals surface area contributed by atoms with E-state index in [0.717, 1.165) is 6.07 Å². The first-order chi connectivity index (χ1) is 8.66. The molecule has 0 aliphatic rings. The minimum Gasteiger partial charge on any atom is -0.398 e. The summed E-state index contributed by atoms with van der Waals surface area (Å²) in [6.07, 6.45) is 3.45. The maximum absolute atomic E-state index is 13.0. The fraction of sp³-hybridized carbons (Fsp3) is 0.167. The lowest BCUT2D eigenvalue weighted by atomic mass is 10.1. The molecule has 18 heavy (non-hydrogen) atoms. The van der Waals surface area contributed by atoms with Crippen LogP contribution in [0.15, 0.2) is 36.7 Å². The number of aromatic nitrogens is 2. The van der Waals surface area contributed by atoms with Gasteiger partial charge in [-0.25, -0.2) is 4.39 Å². The van der Waals surface area contributed by atoms with Gasteiger partial charge in [-0.05, 0) is 24.3 Å². The first-order valence-corrected chi connectivity index (χ1v) is 5.47. The van der Waals surface area contributed by atoms with E-state index in [4.69, 9.17) is 5.73 Å². The van der Waals surface area contributed by atoms with Gasteiger partial charge in [0.05, 0.1) is 12.1 Å². The highest BCUT2D eigenvalue weighted by molar-refractivity contribution is 5.99. The van der Waals surface area contributed by atoms with Crippen molar-refractivity contribution < 1.29 is 9.18 Å². The van der Waals surface area contributed by atoms with Crippen molar-refractivity contribution in [3.63, 3.8) is 0 Å². The number of anilines is 1. The van der Waals surface area contributed by atoms with E-state index in [0.29, 0.717) is 13.1 Å². The van der Waals surface area contributed by atoms with Gasteiger partial charge in [0, 0.05) is 24.6 Å². The zero-order valence-electron chi connectivity index (χ0n) is 9.64. The van der Waals surface area contributed by atoms with Crippen LogP contribution in [0.3, 0.4) is 0 Å². The number of nitrogens with two attached hydrogens (primary N) is 1. The fourth-order valence-electron chi connectivity index (χ4n) is 1.54. The van der Waals surface area contributed by atoms with Crippen LogP contribution in [0.25, 0.3) is 0 Å². The number of carbonyl (C=O) groups excluding carboxylic acids is 1. The average molecular weight is 248 g/mol. The summed E-state index contributed by atoms with van der Waals surface area (Å²) in [5.74, 6) is -0.874. The molecule has 0 aliphatic heterocycles. The van der Waals surface area contributed by atoms with Crippen LogP contribution in [0.4, 0.5) is 10.1 Å². The molecule has 1 amide bonds. The normalized spacial score (nSPS) is 10.3. The minimum atomic E-state index is -0.485. The van der Waals surface area contributed by atoms with Crippen molar-refractivity contribution in [1.29, 1.82) is 0 Å². The number of halogens is 1.